The summed E-state index contributed by atoms with van der Waals surface area (Å²) in [5, 5.41) is 0.543. The van der Waals surface area contributed by atoms with E-state index in [1.165, 1.54) is 16.7 Å². The van der Waals surface area contributed by atoms with E-state index < -0.39 is 5.25 Å². The molecule has 5 nitrogen and oxygen atoms in total. The molecular weight excluding hydrogens is 394 g/mol. The number of benzene rings is 2. The lowest BCUT2D eigenvalue weighted by atomic mass is 10.1. The molecule has 2 aromatic carbocycles. The average Bonchev–Trinajstić information content (AvgIpc) is 3.37. The monoisotopic (exact) mass is 413 g/mol. The number of likely N-dealkylation sites (tertiary alicyclic amines) is 1. The largest absolute Gasteiger partial charge is 0.341 e. The molecule has 2 aliphatic rings. The van der Waals surface area contributed by atoms with Crippen LogP contribution in [0.15, 0.2) is 59.6 Å². The Kier molecular flexibility index (Phi) is 5.69. The number of para-hydroxylation sites is 1. The zero-order chi connectivity index (χ0) is 19.5. The Morgan fingerprint density at radius 2 is 1.71 bits per heavy atom. The zero-order valence-electron chi connectivity index (χ0n) is 15.3. The Morgan fingerprint density at radius 3 is 2.43 bits per heavy atom. The number of thioether (sulfide) groups is 1. The first-order valence-electron chi connectivity index (χ1n) is 9.27. The van der Waals surface area contributed by atoms with Crippen molar-refractivity contribution in [1.82, 2.24) is 4.90 Å². The number of halogens is 1. The molecule has 28 heavy (non-hydrogen) atoms. The van der Waals surface area contributed by atoms with Crippen LogP contribution in [0.25, 0.3) is 0 Å². The normalized spacial score (nSPS) is 17.8. The van der Waals surface area contributed by atoms with Gasteiger partial charge in [-0.1, -0.05) is 65.8 Å². The molecule has 0 unspecified atom stereocenters. The van der Waals surface area contributed by atoms with Crippen molar-refractivity contribution in [2.24, 2.45) is 4.99 Å². The van der Waals surface area contributed by atoms with Crippen molar-refractivity contribution in [3.8, 4) is 0 Å². The molecule has 0 aromatic heterocycles. The quantitative estimate of drug-likeness (QED) is 0.756. The highest BCUT2D eigenvalue weighted by atomic mass is 35.5. The molecule has 0 aliphatic carbocycles. The van der Waals surface area contributed by atoms with Crippen LogP contribution < -0.4 is 4.90 Å². The Hall–Kier alpha value is -2.31. The fourth-order valence-electron chi connectivity index (χ4n) is 3.44. The van der Waals surface area contributed by atoms with E-state index in [4.69, 9.17) is 11.6 Å². The van der Waals surface area contributed by atoms with Gasteiger partial charge in [-0.15, -0.1) is 0 Å². The van der Waals surface area contributed by atoms with Crippen LogP contribution in [-0.4, -0.2) is 41.5 Å². The molecular formula is C21H20ClN3O2S. The van der Waals surface area contributed by atoms with Crippen molar-refractivity contribution in [2.45, 2.75) is 18.1 Å². The van der Waals surface area contributed by atoms with Gasteiger partial charge in [-0.05, 0) is 30.5 Å². The van der Waals surface area contributed by atoms with Gasteiger partial charge in [0.25, 0.3) is 5.91 Å². The summed E-state index contributed by atoms with van der Waals surface area (Å²) in [5.41, 5.74) is 1.50. The third kappa shape index (κ3) is 3.80. The lowest BCUT2D eigenvalue weighted by Crippen LogP contribution is -2.35. The van der Waals surface area contributed by atoms with Crippen molar-refractivity contribution in [3.63, 3.8) is 0 Å². The number of nitrogens with zero attached hydrogens (tertiary/aromatic N) is 3. The molecule has 1 fully saturated rings. The molecule has 0 bridgehead atoms. The third-order valence-corrected chi connectivity index (χ3v) is 6.40. The molecule has 1 saturated heterocycles. The highest BCUT2D eigenvalue weighted by Gasteiger charge is 2.35. The smallest absolute Gasteiger partial charge is 0.254 e. The van der Waals surface area contributed by atoms with E-state index in [-0.39, 0.29) is 18.4 Å². The van der Waals surface area contributed by atoms with E-state index in [0.29, 0.717) is 15.9 Å². The number of rotatable bonds is 4. The molecule has 144 valence electrons. The van der Waals surface area contributed by atoms with E-state index >= 15 is 0 Å². The molecule has 4 rings (SSSR count). The van der Waals surface area contributed by atoms with Crippen molar-refractivity contribution >= 4 is 46.0 Å². The van der Waals surface area contributed by atoms with Gasteiger partial charge in [0.05, 0.1) is 10.7 Å². The Morgan fingerprint density at radius 1 is 1.04 bits per heavy atom. The van der Waals surface area contributed by atoms with E-state index in [1.54, 1.807) is 12.1 Å². The lowest BCUT2D eigenvalue weighted by Gasteiger charge is -2.26. The number of amides is 2. The van der Waals surface area contributed by atoms with Gasteiger partial charge in [0.15, 0.2) is 5.17 Å². The number of aliphatic imine (C=N–C) groups is 1. The number of hydrogen-bond donors (Lipinski definition) is 0. The van der Waals surface area contributed by atoms with Gasteiger partial charge in [-0.3, -0.25) is 19.5 Å². The van der Waals surface area contributed by atoms with Crippen LogP contribution in [0.2, 0.25) is 5.02 Å². The maximum Gasteiger partial charge on any atom is 0.254 e. The van der Waals surface area contributed by atoms with Gasteiger partial charge < -0.3 is 4.90 Å². The van der Waals surface area contributed by atoms with E-state index in [9.17, 15) is 9.59 Å². The average molecular weight is 414 g/mol. The number of anilines is 1. The molecule has 2 heterocycles. The van der Waals surface area contributed by atoms with Crippen LogP contribution in [0.1, 0.15) is 23.7 Å². The van der Waals surface area contributed by atoms with Crippen LogP contribution in [-0.2, 0) is 9.59 Å². The second-order valence-corrected chi connectivity index (χ2v) is 8.20. The van der Waals surface area contributed by atoms with Gasteiger partial charge in [0.2, 0.25) is 5.91 Å². The Bertz CT molecular complexity index is 913. The molecule has 0 N–H and O–H groups in total. The van der Waals surface area contributed by atoms with Crippen molar-refractivity contribution < 1.29 is 9.59 Å². The number of hydrogen-bond acceptors (Lipinski definition) is 4. The first kappa shape index (κ1) is 19.0. The fourth-order valence-corrected chi connectivity index (χ4v) is 4.86. The number of amidine groups is 1. The SMILES string of the molecule is O=C([C@@H](SC1=NCC(=O)N1c1ccccc1Cl)c1ccccc1)N1CCCC1. The van der Waals surface area contributed by atoms with Gasteiger partial charge in [0, 0.05) is 13.1 Å². The van der Waals surface area contributed by atoms with Gasteiger partial charge in [0.1, 0.15) is 11.8 Å². The molecule has 2 aliphatic heterocycles. The van der Waals surface area contributed by atoms with Gasteiger partial charge in [-0.2, -0.15) is 0 Å². The summed E-state index contributed by atoms with van der Waals surface area (Å²) in [6.45, 7) is 1.62. The lowest BCUT2D eigenvalue weighted by molar-refractivity contribution is -0.129. The minimum atomic E-state index is -0.450. The molecule has 1 atom stereocenters. The number of carbonyl (C=O) groups excluding carboxylic acids is 2. The van der Waals surface area contributed by atoms with Crippen molar-refractivity contribution in [3.05, 3.63) is 65.2 Å². The Balaban J connectivity index is 1.65. The van der Waals surface area contributed by atoms with Crippen LogP contribution in [0.5, 0.6) is 0 Å². The standard InChI is InChI=1S/C21H20ClN3O2S/c22-16-10-4-5-11-17(16)25-18(26)14-23-21(25)28-19(15-8-2-1-3-9-15)20(27)24-12-6-7-13-24/h1-5,8-11,19H,6-7,12-14H2/t19-/m0/s1. The molecule has 7 heteroatoms. The van der Waals surface area contributed by atoms with Crippen molar-refractivity contribution in [1.29, 1.82) is 0 Å². The summed E-state index contributed by atoms with van der Waals surface area (Å²) in [6, 6.07) is 16.9. The van der Waals surface area contributed by atoms with Crippen LogP contribution in [0.3, 0.4) is 0 Å². The molecule has 0 saturated carbocycles. The summed E-state index contributed by atoms with van der Waals surface area (Å²) in [6.07, 6.45) is 2.06. The van der Waals surface area contributed by atoms with Gasteiger partial charge >= 0.3 is 0 Å². The third-order valence-electron chi connectivity index (χ3n) is 4.85. The minimum absolute atomic E-state index is 0.0625. The van der Waals surface area contributed by atoms with Gasteiger partial charge in [-0.25, -0.2) is 0 Å². The highest BCUT2D eigenvalue weighted by molar-refractivity contribution is 8.15. The summed E-state index contributed by atoms with van der Waals surface area (Å²) >= 11 is 7.64. The van der Waals surface area contributed by atoms with E-state index in [2.05, 4.69) is 4.99 Å². The topological polar surface area (TPSA) is 53.0 Å². The second-order valence-electron chi connectivity index (χ2n) is 6.72. The first-order valence-corrected chi connectivity index (χ1v) is 10.5. The minimum Gasteiger partial charge on any atom is -0.341 e. The second kappa shape index (κ2) is 8.37. The number of carbonyl (C=O) groups is 2. The Labute approximate surface area is 173 Å². The van der Waals surface area contributed by atoms with Crippen molar-refractivity contribution in [2.75, 3.05) is 24.5 Å². The predicted octanol–water partition coefficient (Wildman–Crippen LogP) is 4.14. The highest BCUT2D eigenvalue weighted by Crippen LogP contribution is 2.38. The molecule has 2 amide bonds. The van der Waals surface area contributed by atoms with Crippen LogP contribution >= 0.6 is 23.4 Å². The summed E-state index contributed by atoms with van der Waals surface area (Å²) < 4.78 is 0. The van der Waals surface area contributed by atoms with Crippen LogP contribution in [0.4, 0.5) is 5.69 Å². The molecule has 0 radical (unpaired) electrons. The predicted molar refractivity (Wildman–Crippen MR) is 114 cm³/mol. The summed E-state index contributed by atoms with van der Waals surface area (Å²) in [4.78, 5) is 33.6. The van der Waals surface area contributed by atoms with E-state index in [1.807, 2.05) is 47.4 Å². The molecule has 2 aromatic rings. The fraction of sp³-hybridized carbons (Fsp3) is 0.286. The zero-order valence-corrected chi connectivity index (χ0v) is 16.8. The summed E-state index contributed by atoms with van der Waals surface area (Å²) in [5.74, 6) is -0.0779. The maximum absolute atomic E-state index is 13.2. The maximum atomic E-state index is 13.2. The summed E-state index contributed by atoms with van der Waals surface area (Å²) in [7, 11) is 0. The van der Waals surface area contributed by atoms with E-state index in [0.717, 1.165) is 31.5 Å². The first-order chi connectivity index (χ1) is 13.6. The van der Waals surface area contributed by atoms with Crippen LogP contribution in [0, 0.1) is 0 Å². The molecule has 0 spiro atoms.